The van der Waals surface area contributed by atoms with Crippen LogP contribution < -0.4 is 0 Å². The summed E-state index contributed by atoms with van der Waals surface area (Å²) < 4.78 is 40.7. The van der Waals surface area contributed by atoms with Crippen LogP contribution >= 0.6 is 15.9 Å². The Balaban J connectivity index is 2.69. The molecule has 0 aliphatic heterocycles. The van der Waals surface area contributed by atoms with E-state index in [4.69, 9.17) is 5.11 Å². The van der Waals surface area contributed by atoms with Gasteiger partial charge in [-0.15, -0.1) is 0 Å². The summed E-state index contributed by atoms with van der Waals surface area (Å²) in [6.07, 6.45) is -4.46. The second kappa shape index (κ2) is 6.19. The molecule has 100 valence electrons. The van der Waals surface area contributed by atoms with Gasteiger partial charge < -0.3 is 9.84 Å². The number of alkyl halides is 3. The van der Waals surface area contributed by atoms with Crippen LogP contribution in [0.1, 0.15) is 11.5 Å². The summed E-state index contributed by atoms with van der Waals surface area (Å²) in [4.78, 5) is 11.0. The van der Waals surface area contributed by atoms with Gasteiger partial charge in [-0.3, -0.25) is 4.79 Å². The molecule has 7 heteroatoms. The van der Waals surface area contributed by atoms with Crippen molar-refractivity contribution in [2.24, 2.45) is 0 Å². The Hall–Kier alpha value is -1.08. The van der Waals surface area contributed by atoms with E-state index in [1.54, 1.807) is 12.1 Å². The van der Waals surface area contributed by atoms with Crippen LogP contribution in [0.2, 0.25) is 0 Å². The maximum absolute atomic E-state index is 11.9. The number of rotatable bonds is 5. The van der Waals surface area contributed by atoms with Crippen molar-refractivity contribution in [2.75, 3.05) is 13.2 Å². The van der Waals surface area contributed by atoms with Gasteiger partial charge >= 0.3 is 12.1 Å². The van der Waals surface area contributed by atoms with Crippen LogP contribution in [0.3, 0.4) is 0 Å². The van der Waals surface area contributed by atoms with Gasteiger partial charge in [-0.1, -0.05) is 28.1 Å². The van der Waals surface area contributed by atoms with E-state index in [0.29, 0.717) is 10.0 Å². The Morgan fingerprint density at radius 2 is 2.11 bits per heavy atom. The Kier molecular flexibility index (Phi) is 5.15. The van der Waals surface area contributed by atoms with Gasteiger partial charge in [0.1, 0.15) is 12.5 Å². The fourth-order valence-corrected chi connectivity index (χ4v) is 1.74. The lowest BCUT2D eigenvalue weighted by atomic mass is 10.0. The summed E-state index contributed by atoms with van der Waals surface area (Å²) in [5.74, 6) is -2.35. The highest BCUT2D eigenvalue weighted by Gasteiger charge is 2.29. The zero-order chi connectivity index (χ0) is 13.8. The van der Waals surface area contributed by atoms with Crippen LogP contribution in [0, 0.1) is 0 Å². The molecule has 0 aliphatic rings. The number of aliphatic carboxylic acids is 1. The summed E-state index contributed by atoms with van der Waals surface area (Å²) in [5, 5.41) is 8.97. The molecule has 0 fully saturated rings. The topological polar surface area (TPSA) is 46.5 Å². The van der Waals surface area contributed by atoms with Crippen LogP contribution in [0.15, 0.2) is 28.7 Å². The molecule has 0 saturated heterocycles. The van der Waals surface area contributed by atoms with Gasteiger partial charge in [0.05, 0.1) is 6.61 Å². The molecule has 0 saturated carbocycles. The van der Waals surface area contributed by atoms with E-state index in [-0.39, 0.29) is 0 Å². The number of benzene rings is 1. The van der Waals surface area contributed by atoms with Crippen LogP contribution in [-0.4, -0.2) is 30.5 Å². The number of carbonyl (C=O) groups is 1. The van der Waals surface area contributed by atoms with Crippen LogP contribution in [0.4, 0.5) is 13.2 Å². The van der Waals surface area contributed by atoms with E-state index in [2.05, 4.69) is 20.7 Å². The second-order valence-corrected chi connectivity index (χ2v) is 4.49. The molecule has 1 aromatic carbocycles. The third-order valence-corrected chi connectivity index (χ3v) is 2.59. The van der Waals surface area contributed by atoms with Gasteiger partial charge in [-0.05, 0) is 17.7 Å². The highest BCUT2D eigenvalue weighted by molar-refractivity contribution is 9.10. The minimum Gasteiger partial charge on any atom is -0.481 e. The monoisotopic (exact) mass is 326 g/mol. The molecule has 18 heavy (non-hydrogen) atoms. The van der Waals surface area contributed by atoms with E-state index in [1.807, 2.05) is 0 Å². The summed E-state index contributed by atoms with van der Waals surface area (Å²) in [6, 6.07) is 6.37. The van der Waals surface area contributed by atoms with Gasteiger partial charge in [0.2, 0.25) is 0 Å². The highest BCUT2D eigenvalue weighted by Crippen LogP contribution is 2.22. The molecule has 0 heterocycles. The molecule has 3 nitrogen and oxygen atoms in total. The largest absolute Gasteiger partial charge is 0.481 e. The van der Waals surface area contributed by atoms with Crippen molar-refractivity contribution < 1.29 is 27.8 Å². The predicted octanol–water partition coefficient (Wildman–Crippen LogP) is 3.20. The fraction of sp³-hybridized carbons (Fsp3) is 0.364. The molecule has 0 radical (unpaired) electrons. The molecule has 0 aliphatic carbocycles. The molecular weight excluding hydrogens is 317 g/mol. The summed E-state index contributed by atoms with van der Waals surface area (Å²) in [5.41, 5.74) is 0.388. The lowest BCUT2D eigenvalue weighted by Crippen LogP contribution is -2.23. The number of hydrogen-bond donors (Lipinski definition) is 1. The SMILES string of the molecule is O=C(O)C(COCC(F)(F)F)c1cccc(Br)c1. The van der Waals surface area contributed by atoms with E-state index < -0.39 is 31.3 Å². The number of carboxylic acid groups (broad SMARTS) is 1. The molecule has 1 atom stereocenters. The minimum absolute atomic E-state index is 0.388. The number of ether oxygens (including phenoxy) is 1. The number of halogens is 4. The maximum Gasteiger partial charge on any atom is 0.411 e. The van der Waals surface area contributed by atoms with Crippen LogP contribution in [0.5, 0.6) is 0 Å². The first-order valence-corrected chi connectivity index (χ1v) is 5.71. The lowest BCUT2D eigenvalue weighted by molar-refractivity contribution is -0.177. The Morgan fingerprint density at radius 3 is 2.61 bits per heavy atom. The van der Waals surface area contributed by atoms with Crippen molar-refractivity contribution >= 4 is 21.9 Å². The third-order valence-electron chi connectivity index (χ3n) is 2.10. The normalized spacial score (nSPS) is 13.3. The molecule has 0 aromatic heterocycles. The number of hydrogen-bond acceptors (Lipinski definition) is 2. The van der Waals surface area contributed by atoms with Crippen molar-refractivity contribution in [3.63, 3.8) is 0 Å². The molecule has 0 spiro atoms. The molecule has 1 unspecified atom stereocenters. The standard InChI is InChI=1S/C11H10BrF3O3/c12-8-3-1-2-7(4-8)9(10(16)17)5-18-6-11(13,14)15/h1-4,9H,5-6H2,(H,16,17). The Morgan fingerprint density at radius 1 is 1.44 bits per heavy atom. The first-order valence-electron chi connectivity index (χ1n) is 4.92. The Bertz CT molecular complexity index is 420. The fourth-order valence-electron chi connectivity index (χ4n) is 1.33. The zero-order valence-corrected chi connectivity index (χ0v) is 10.7. The van der Waals surface area contributed by atoms with Crippen molar-refractivity contribution in [1.29, 1.82) is 0 Å². The average Bonchev–Trinajstić information content (AvgIpc) is 2.22. The van der Waals surface area contributed by atoms with Crippen LogP contribution in [0.25, 0.3) is 0 Å². The van der Waals surface area contributed by atoms with Crippen molar-refractivity contribution in [3.05, 3.63) is 34.3 Å². The molecule has 1 N–H and O–H groups in total. The highest BCUT2D eigenvalue weighted by atomic mass is 79.9. The zero-order valence-electron chi connectivity index (χ0n) is 9.08. The minimum atomic E-state index is -4.46. The van der Waals surface area contributed by atoms with Gasteiger partial charge in [-0.2, -0.15) is 13.2 Å². The molecular formula is C11H10BrF3O3. The van der Waals surface area contributed by atoms with E-state index in [9.17, 15) is 18.0 Å². The van der Waals surface area contributed by atoms with Gasteiger partial charge in [0.15, 0.2) is 0 Å². The first kappa shape index (κ1) is 15.0. The predicted molar refractivity (Wildman–Crippen MR) is 61.4 cm³/mol. The molecule has 0 amide bonds. The van der Waals surface area contributed by atoms with Gasteiger partial charge in [0.25, 0.3) is 0 Å². The van der Waals surface area contributed by atoms with Gasteiger partial charge in [-0.25, -0.2) is 0 Å². The smallest absolute Gasteiger partial charge is 0.411 e. The van der Waals surface area contributed by atoms with E-state index >= 15 is 0 Å². The summed E-state index contributed by atoms with van der Waals surface area (Å²) in [7, 11) is 0. The quantitative estimate of drug-likeness (QED) is 0.903. The lowest BCUT2D eigenvalue weighted by Gasteiger charge is -2.14. The second-order valence-electron chi connectivity index (χ2n) is 3.58. The van der Waals surface area contributed by atoms with Crippen molar-refractivity contribution in [1.82, 2.24) is 0 Å². The summed E-state index contributed by atoms with van der Waals surface area (Å²) >= 11 is 3.17. The number of carboxylic acids is 1. The molecule has 1 aromatic rings. The average molecular weight is 327 g/mol. The first-order chi connectivity index (χ1) is 8.29. The third kappa shape index (κ3) is 5.05. The molecule has 1 rings (SSSR count). The van der Waals surface area contributed by atoms with E-state index in [1.165, 1.54) is 12.1 Å². The van der Waals surface area contributed by atoms with Crippen LogP contribution in [-0.2, 0) is 9.53 Å². The summed E-state index contributed by atoms with van der Waals surface area (Å²) in [6.45, 7) is -1.98. The molecule has 0 bridgehead atoms. The van der Waals surface area contributed by atoms with Crippen molar-refractivity contribution in [3.8, 4) is 0 Å². The van der Waals surface area contributed by atoms with E-state index in [0.717, 1.165) is 0 Å². The van der Waals surface area contributed by atoms with Gasteiger partial charge in [0, 0.05) is 4.47 Å². The van der Waals surface area contributed by atoms with Crippen molar-refractivity contribution in [2.45, 2.75) is 12.1 Å². The Labute approximate surface area is 110 Å². The maximum atomic E-state index is 11.9.